The van der Waals surface area contributed by atoms with Crippen molar-refractivity contribution < 1.29 is 23.3 Å². The van der Waals surface area contributed by atoms with Crippen LogP contribution in [0.25, 0.3) is 33.5 Å². The van der Waals surface area contributed by atoms with Gasteiger partial charge in [0.1, 0.15) is 23.6 Å². The molecule has 0 saturated carbocycles. The Hall–Kier alpha value is -6.75. The number of carbonyl (C=O) groups excluding carboxylic acids is 3. The minimum absolute atomic E-state index is 0.0564. The van der Waals surface area contributed by atoms with Crippen LogP contribution >= 0.6 is 0 Å². The maximum Gasteiger partial charge on any atom is 0.328 e. The van der Waals surface area contributed by atoms with Gasteiger partial charge in [-0.25, -0.2) is 24.1 Å². The molecule has 0 bridgehead atoms. The zero-order chi connectivity index (χ0) is 43.0. The Labute approximate surface area is 357 Å². The number of hydrogen-bond acceptors (Lipinski definition) is 12. The number of imide groups is 1. The first-order valence-corrected chi connectivity index (χ1v) is 21.1. The van der Waals surface area contributed by atoms with Crippen LogP contribution in [0.2, 0.25) is 0 Å². The van der Waals surface area contributed by atoms with Gasteiger partial charge in [0.15, 0.2) is 5.82 Å². The molecule has 2 aromatic carbocycles. The molecular weight excluding hydrogens is 792 g/mol. The lowest BCUT2D eigenvalue weighted by Crippen LogP contribution is -2.49. The summed E-state index contributed by atoms with van der Waals surface area (Å²) in [6, 6.07) is 18.6. The number of hydrogen-bond donors (Lipinski definition) is 3. The standard InChI is InChI=1S/C45H49FN12O4/c1-45(2,3)43-53-42(62-54-43)41(60)48-24-30-5-4-29(22-35(30)46)39-34-23-36(51-40(34)50-27-49-39)31-6-11-37(47-25-31)57-20-18-55(19-21-57)26-28-12-15-56(16-13-28)32-7-9-33(10-8-32)58-17-14-38(59)52-44(58)61/h4-11,22-23,25,27-28H,12-21,24,26H2,1-3H3,(H,48,60)(H,49,50,51)(H,52,59,61). The highest BCUT2D eigenvalue weighted by molar-refractivity contribution is 6.05. The van der Waals surface area contributed by atoms with Crippen LogP contribution in [0.4, 0.5) is 26.4 Å². The first-order chi connectivity index (χ1) is 29.9. The van der Waals surface area contributed by atoms with E-state index < -0.39 is 11.7 Å². The normalized spacial score (nSPS) is 16.9. The van der Waals surface area contributed by atoms with E-state index in [0.29, 0.717) is 47.2 Å². The van der Waals surface area contributed by atoms with E-state index in [0.717, 1.165) is 92.5 Å². The van der Waals surface area contributed by atoms with Crippen molar-refractivity contribution in [1.29, 1.82) is 0 Å². The monoisotopic (exact) mass is 840 g/mol. The van der Waals surface area contributed by atoms with Gasteiger partial charge in [0.05, 0.1) is 5.69 Å². The lowest BCUT2D eigenvalue weighted by Gasteiger charge is -2.39. The molecule has 16 nitrogen and oxygen atoms in total. The zero-order valence-electron chi connectivity index (χ0n) is 35.0. The molecule has 9 rings (SSSR count). The number of anilines is 3. The number of piperazine rings is 1. The van der Waals surface area contributed by atoms with Crippen molar-refractivity contribution in [2.45, 2.75) is 52.0 Å². The number of aromatic amines is 1. The topological polar surface area (TPSA) is 182 Å². The molecule has 62 heavy (non-hydrogen) atoms. The number of amides is 4. The van der Waals surface area contributed by atoms with E-state index in [9.17, 15) is 14.4 Å². The van der Waals surface area contributed by atoms with E-state index in [1.54, 1.807) is 17.0 Å². The minimum Gasteiger partial charge on any atom is -0.372 e. The third-order valence-corrected chi connectivity index (χ3v) is 11.9. The number of benzene rings is 2. The van der Waals surface area contributed by atoms with Crippen LogP contribution in [0, 0.1) is 11.7 Å². The molecule has 0 aliphatic carbocycles. The van der Waals surface area contributed by atoms with Crippen LogP contribution in [-0.2, 0) is 16.8 Å². The van der Waals surface area contributed by atoms with Crippen molar-refractivity contribution in [1.82, 2.24) is 45.6 Å². The lowest BCUT2D eigenvalue weighted by molar-refractivity contribution is -0.120. The number of rotatable bonds is 10. The summed E-state index contributed by atoms with van der Waals surface area (Å²) >= 11 is 0. The van der Waals surface area contributed by atoms with Crippen molar-refractivity contribution in [3.8, 4) is 22.5 Å². The molecule has 0 unspecified atom stereocenters. The van der Waals surface area contributed by atoms with E-state index in [4.69, 9.17) is 9.51 Å². The second-order valence-electron chi connectivity index (χ2n) is 17.2. The van der Waals surface area contributed by atoms with E-state index in [-0.39, 0.29) is 29.8 Å². The SMILES string of the molecule is CC(C)(C)c1noc(C(=O)NCc2ccc(-c3ncnc4[nH]c(-c5ccc(N6CCN(CC7CCN(c8ccc(N9CCC(=O)NC9=O)cc8)CC7)CC6)nc5)cc34)cc2F)n1. The number of pyridine rings is 1. The highest BCUT2D eigenvalue weighted by Crippen LogP contribution is 2.32. The van der Waals surface area contributed by atoms with Crippen LogP contribution in [0.3, 0.4) is 0 Å². The molecule has 7 heterocycles. The Kier molecular flexibility index (Phi) is 11.1. The predicted molar refractivity (Wildman–Crippen MR) is 232 cm³/mol. The number of H-pyrrole nitrogens is 1. The molecule has 320 valence electrons. The summed E-state index contributed by atoms with van der Waals surface area (Å²) in [5, 5.41) is 9.67. The third kappa shape index (κ3) is 8.70. The molecule has 0 atom stereocenters. The van der Waals surface area contributed by atoms with Gasteiger partial charge in [-0.2, -0.15) is 4.98 Å². The van der Waals surface area contributed by atoms with E-state index >= 15 is 4.39 Å². The molecule has 17 heteroatoms. The molecule has 3 fully saturated rings. The smallest absolute Gasteiger partial charge is 0.328 e. The first kappa shape index (κ1) is 40.6. The highest BCUT2D eigenvalue weighted by atomic mass is 19.1. The third-order valence-electron chi connectivity index (χ3n) is 11.9. The summed E-state index contributed by atoms with van der Waals surface area (Å²) in [5.74, 6) is 0.546. The van der Waals surface area contributed by atoms with Crippen molar-refractivity contribution in [2.24, 2.45) is 5.92 Å². The van der Waals surface area contributed by atoms with E-state index in [1.807, 2.05) is 45.2 Å². The van der Waals surface area contributed by atoms with Crippen LogP contribution in [0.15, 0.2) is 77.7 Å². The first-order valence-electron chi connectivity index (χ1n) is 21.1. The van der Waals surface area contributed by atoms with Gasteiger partial charge in [-0.1, -0.05) is 38.1 Å². The lowest BCUT2D eigenvalue weighted by atomic mass is 9.95. The Morgan fingerprint density at radius 3 is 2.32 bits per heavy atom. The molecule has 4 aromatic heterocycles. The number of halogens is 1. The number of urea groups is 1. The van der Waals surface area contributed by atoms with E-state index in [2.05, 4.69) is 74.7 Å². The van der Waals surface area contributed by atoms with Gasteiger partial charge < -0.3 is 24.6 Å². The van der Waals surface area contributed by atoms with Crippen LogP contribution < -0.4 is 25.3 Å². The Morgan fingerprint density at radius 2 is 1.63 bits per heavy atom. The summed E-state index contributed by atoms with van der Waals surface area (Å²) in [5.41, 5.74) is 5.40. The van der Waals surface area contributed by atoms with Gasteiger partial charge in [0, 0.05) is 116 Å². The maximum atomic E-state index is 15.4. The summed E-state index contributed by atoms with van der Waals surface area (Å²) < 4.78 is 20.5. The minimum atomic E-state index is -0.575. The summed E-state index contributed by atoms with van der Waals surface area (Å²) in [6.45, 7) is 13.0. The number of fused-ring (bicyclic) bond motifs is 1. The van der Waals surface area contributed by atoms with Crippen molar-refractivity contribution in [3.63, 3.8) is 0 Å². The fourth-order valence-electron chi connectivity index (χ4n) is 8.32. The summed E-state index contributed by atoms with van der Waals surface area (Å²) in [7, 11) is 0. The molecular formula is C45H49FN12O4. The quantitative estimate of drug-likeness (QED) is 0.148. The van der Waals surface area contributed by atoms with Crippen LogP contribution in [0.5, 0.6) is 0 Å². The van der Waals surface area contributed by atoms with Crippen molar-refractivity contribution >= 4 is 46.1 Å². The Bertz CT molecular complexity index is 2590. The average molecular weight is 841 g/mol. The van der Waals surface area contributed by atoms with Gasteiger partial charge in [0.25, 0.3) is 0 Å². The molecule has 0 radical (unpaired) electrons. The number of carbonyl (C=O) groups is 3. The second-order valence-corrected chi connectivity index (χ2v) is 17.2. The Morgan fingerprint density at radius 1 is 0.871 bits per heavy atom. The second kappa shape index (κ2) is 17.0. The maximum absolute atomic E-state index is 15.4. The van der Waals surface area contributed by atoms with E-state index in [1.165, 1.54) is 12.4 Å². The summed E-state index contributed by atoms with van der Waals surface area (Å²) in [4.78, 5) is 66.7. The van der Waals surface area contributed by atoms with Gasteiger partial charge >= 0.3 is 17.8 Å². The number of piperidine rings is 1. The number of nitrogens with one attached hydrogen (secondary N) is 3. The fraction of sp³-hybridized carbons (Fsp3) is 0.378. The largest absolute Gasteiger partial charge is 0.372 e. The fourth-order valence-corrected chi connectivity index (χ4v) is 8.32. The molecule has 0 spiro atoms. The van der Waals surface area contributed by atoms with Gasteiger partial charge in [-0.3, -0.25) is 24.7 Å². The van der Waals surface area contributed by atoms with Crippen molar-refractivity contribution in [3.05, 3.63) is 96.3 Å². The number of aromatic nitrogens is 6. The van der Waals surface area contributed by atoms with Gasteiger partial charge in [0.2, 0.25) is 5.91 Å². The van der Waals surface area contributed by atoms with Crippen LogP contribution in [0.1, 0.15) is 62.1 Å². The van der Waals surface area contributed by atoms with Crippen molar-refractivity contribution in [2.75, 3.05) is 67.1 Å². The average Bonchev–Trinajstić information content (AvgIpc) is 3.96. The Balaban J connectivity index is 0.759. The molecule has 3 saturated heterocycles. The molecule has 4 amide bonds. The molecule has 3 aliphatic rings. The van der Waals surface area contributed by atoms with Crippen LogP contribution in [-0.4, -0.2) is 105 Å². The van der Waals surface area contributed by atoms with Gasteiger partial charge in [-0.15, -0.1) is 0 Å². The zero-order valence-corrected chi connectivity index (χ0v) is 35.0. The highest BCUT2D eigenvalue weighted by Gasteiger charge is 2.28. The van der Waals surface area contributed by atoms with Gasteiger partial charge in [-0.05, 0) is 67.3 Å². The molecule has 3 N–H and O–H groups in total. The summed E-state index contributed by atoms with van der Waals surface area (Å²) in [6.07, 6.45) is 5.91. The number of nitrogens with zero attached hydrogens (tertiary/aromatic N) is 9. The molecule has 3 aliphatic heterocycles. The molecule has 6 aromatic rings. The predicted octanol–water partition coefficient (Wildman–Crippen LogP) is 5.92.